The monoisotopic (exact) mass is 1340 g/mol. The lowest BCUT2D eigenvalue weighted by Crippen LogP contribution is -2.30. The number of aliphatic hydroxyl groups excluding tert-OH is 1. The molecular weight excluding hydrogens is 1200 g/mol. The Morgan fingerprint density at radius 1 is 0.308 bits per heavy atom. The van der Waals surface area contributed by atoms with Gasteiger partial charge in [-0.05, 0) is 49.4 Å². The zero-order chi connectivity index (χ0) is 67.5. The molecule has 0 saturated carbocycles. The molecule has 0 aromatic rings. The lowest BCUT2D eigenvalue weighted by Gasteiger charge is -2.21. The minimum Gasteiger partial charge on any atom is -0.462 e. The summed E-state index contributed by atoms with van der Waals surface area (Å²) < 4.78 is 68.3. The Labute approximate surface area is 556 Å². The van der Waals surface area contributed by atoms with E-state index in [4.69, 9.17) is 37.0 Å². The second kappa shape index (κ2) is 61.6. The molecular formula is C72H140O17P2. The maximum Gasteiger partial charge on any atom is 0.472 e. The minimum atomic E-state index is -4.95. The van der Waals surface area contributed by atoms with Crippen molar-refractivity contribution < 1.29 is 80.2 Å². The fourth-order valence-corrected chi connectivity index (χ4v) is 12.4. The Balaban J connectivity index is 5.22. The first-order valence-corrected chi connectivity index (χ1v) is 40.2. The number of phosphoric acid groups is 2. The number of hydrogen-bond donors (Lipinski definition) is 3. The molecule has 0 aromatic heterocycles. The number of hydrogen-bond acceptors (Lipinski definition) is 15. The van der Waals surface area contributed by atoms with E-state index in [2.05, 4.69) is 55.4 Å². The maximum atomic E-state index is 13.0. The lowest BCUT2D eigenvalue weighted by atomic mass is 10.00. The van der Waals surface area contributed by atoms with Gasteiger partial charge >= 0.3 is 39.5 Å². The number of ether oxygens (including phenoxy) is 4. The SMILES string of the molecule is CCC(C)CCCCCCCCC(=O)OC[C@H](COP(=O)(O)OC[C@@H](O)COP(=O)(O)OC[C@@H](COC(=O)CCCCCCCCC(C)C)OC(=O)CCCCCCCCCCCCCCCC(C)C)OC(=O)CCCCCCCCCCCCCCCC(C)C. The van der Waals surface area contributed by atoms with E-state index in [1.54, 1.807) is 0 Å². The number of unbranched alkanes of at least 4 members (excludes halogenated alkanes) is 34. The van der Waals surface area contributed by atoms with Crippen molar-refractivity contribution in [1.82, 2.24) is 0 Å². The average Bonchev–Trinajstić information content (AvgIpc) is 2.97. The van der Waals surface area contributed by atoms with Crippen LogP contribution in [-0.2, 0) is 65.4 Å². The number of rotatable bonds is 69. The van der Waals surface area contributed by atoms with Crippen LogP contribution in [-0.4, -0.2) is 96.7 Å². The average molecular weight is 1340 g/mol. The summed E-state index contributed by atoms with van der Waals surface area (Å²) >= 11 is 0. The van der Waals surface area contributed by atoms with Crippen LogP contribution in [0.5, 0.6) is 0 Å². The second-order valence-electron chi connectivity index (χ2n) is 27.6. The Morgan fingerprint density at radius 3 is 0.780 bits per heavy atom. The molecule has 0 rings (SSSR count). The Bertz CT molecular complexity index is 1800. The van der Waals surface area contributed by atoms with Gasteiger partial charge in [0, 0.05) is 25.7 Å². The van der Waals surface area contributed by atoms with Gasteiger partial charge in [-0.2, -0.15) is 0 Å². The van der Waals surface area contributed by atoms with Gasteiger partial charge in [0.2, 0.25) is 0 Å². The molecule has 0 aromatic carbocycles. The van der Waals surface area contributed by atoms with Crippen LogP contribution < -0.4 is 0 Å². The van der Waals surface area contributed by atoms with Crippen molar-refractivity contribution in [3.8, 4) is 0 Å². The molecule has 19 heteroatoms. The number of phosphoric ester groups is 2. The van der Waals surface area contributed by atoms with E-state index in [0.29, 0.717) is 31.6 Å². The standard InChI is InChI=1S/C72H140O17P2/c1-9-65(8)51-43-35-29-31-37-45-53-70(75)83-59-68(89-72(77)55-47-39-27-23-19-15-11-13-17-21-25-33-41-49-63(4)5)61-87-91(80,81)85-57-66(73)56-84-90(78,79)86-60-67(58-82-69(74)52-44-36-30-28-34-42-50-64(6)7)88-71(76)54-46-38-26-22-18-14-10-12-16-20-24-32-40-48-62(2)3/h62-68,73H,9-61H2,1-8H3,(H,78,79)(H,80,81)/t65?,66-,67+,68+/m0/s1. The Kier molecular flexibility index (Phi) is 60.3. The molecule has 0 aliphatic rings. The smallest absolute Gasteiger partial charge is 0.462 e. The largest absolute Gasteiger partial charge is 0.472 e. The predicted molar refractivity (Wildman–Crippen MR) is 367 cm³/mol. The molecule has 91 heavy (non-hydrogen) atoms. The van der Waals surface area contributed by atoms with E-state index in [-0.39, 0.29) is 25.7 Å². The summed E-state index contributed by atoms with van der Waals surface area (Å²) in [5, 5.41) is 10.6. The quantitative estimate of drug-likeness (QED) is 0.0222. The predicted octanol–water partition coefficient (Wildman–Crippen LogP) is 20.5. The molecule has 0 saturated heterocycles. The van der Waals surface area contributed by atoms with Gasteiger partial charge in [-0.15, -0.1) is 0 Å². The van der Waals surface area contributed by atoms with Gasteiger partial charge in [0.15, 0.2) is 12.2 Å². The van der Waals surface area contributed by atoms with Crippen molar-refractivity contribution in [2.45, 2.75) is 375 Å². The van der Waals surface area contributed by atoms with E-state index in [0.717, 1.165) is 120 Å². The summed E-state index contributed by atoms with van der Waals surface area (Å²) in [5.74, 6) is 0.854. The van der Waals surface area contributed by atoms with E-state index >= 15 is 0 Å². The fourth-order valence-electron chi connectivity index (χ4n) is 10.8. The van der Waals surface area contributed by atoms with Crippen LogP contribution in [0.4, 0.5) is 0 Å². The summed E-state index contributed by atoms with van der Waals surface area (Å²) in [6, 6.07) is 0. The highest BCUT2D eigenvalue weighted by atomic mass is 31.2. The van der Waals surface area contributed by atoms with Crippen LogP contribution in [0.3, 0.4) is 0 Å². The second-order valence-corrected chi connectivity index (χ2v) is 30.6. The van der Waals surface area contributed by atoms with Gasteiger partial charge in [-0.1, -0.05) is 306 Å². The van der Waals surface area contributed by atoms with Gasteiger partial charge in [0.1, 0.15) is 19.3 Å². The highest BCUT2D eigenvalue weighted by molar-refractivity contribution is 7.47. The topological polar surface area (TPSA) is 237 Å². The molecule has 0 aliphatic heterocycles. The van der Waals surface area contributed by atoms with Gasteiger partial charge < -0.3 is 33.8 Å². The Hall–Kier alpha value is -1.94. The molecule has 540 valence electrons. The molecule has 6 atom stereocenters. The fraction of sp³-hybridized carbons (Fsp3) is 0.944. The number of esters is 4. The number of carbonyl (C=O) groups is 4. The highest BCUT2D eigenvalue weighted by Crippen LogP contribution is 2.45. The third-order valence-corrected chi connectivity index (χ3v) is 18.8. The summed E-state index contributed by atoms with van der Waals surface area (Å²) in [5.41, 5.74) is 0. The molecule has 3 N–H and O–H groups in total. The molecule has 0 aliphatic carbocycles. The first-order valence-electron chi connectivity index (χ1n) is 37.2. The van der Waals surface area contributed by atoms with Gasteiger partial charge in [-0.25, -0.2) is 9.13 Å². The van der Waals surface area contributed by atoms with Crippen molar-refractivity contribution >= 4 is 39.5 Å². The van der Waals surface area contributed by atoms with E-state index < -0.39 is 97.5 Å². The normalized spacial score (nSPS) is 14.5. The summed E-state index contributed by atoms with van der Waals surface area (Å²) in [6.45, 7) is 14.1. The third kappa shape index (κ3) is 65.1. The van der Waals surface area contributed by atoms with Crippen molar-refractivity contribution in [3.63, 3.8) is 0 Å². The molecule has 0 radical (unpaired) electrons. The molecule has 0 amide bonds. The maximum absolute atomic E-state index is 13.0. The van der Waals surface area contributed by atoms with Crippen molar-refractivity contribution in [1.29, 1.82) is 0 Å². The van der Waals surface area contributed by atoms with Gasteiger partial charge in [-0.3, -0.25) is 37.3 Å². The van der Waals surface area contributed by atoms with E-state index in [9.17, 15) is 43.2 Å². The molecule has 17 nitrogen and oxygen atoms in total. The van der Waals surface area contributed by atoms with Crippen LogP contribution in [0.2, 0.25) is 0 Å². The minimum absolute atomic E-state index is 0.105. The zero-order valence-electron chi connectivity index (χ0n) is 59.5. The van der Waals surface area contributed by atoms with Crippen LogP contribution in [0, 0.1) is 23.7 Å². The van der Waals surface area contributed by atoms with Crippen molar-refractivity contribution in [3.05, 3.63) is 0 Å². The van der Waals surface area contributed by atoms with Gasteiger partial charge in [0.05, 0.1) is 26.4 Å². The van der Waals surface area contributed by atoms with Crippen molar-refractivity contribution in [2.24, 2.45) is 23.7 Å². The summed E-state index contributed by atoms with van der Waals surface area (Å²) in [6.07, 6.45) is 44.6. The number of aliphatic hydroxyl groups is 1. The first-order chi connectivity index (χ1) is 43.6. The van der Waals surface area contributed by atoms with Gasteiger partial charge in [0.25, 0.3) is 0 Å². The summed E-state index contributed by atoms with van der Waals surface area (Å²) in [4.78, 5) is 72.6. The highest BCUT2D eigenvalue weighted by Gasteiger charge is 2.30. The molecule has 0 bridgehead atoms. The van der Waals surface area contributed by atoms with Crippen molar-refractivity contribution in [2.75, 3.05) is 39.6 Å². The van der Waals surface area contributed by atoms with E-state index in [1.165, 1.54) is 148 Å². The van der Waals surface area contributed by atoms with Crippen LogP contribution in [0.15, 0.2) is 0 Å². The third-order valence-electron chi connectivity index (χ3n) is 16.9. The lowest BCUT2D eigenvalue weighted by molar-refractivity contribution is -0.161. The molecule has 0 fully saturated rings. The summed E-state index contributed by atoms with van der Waals surface area (Å²) in [7, 11) is -9.91. The molecule has 0 heterocycles. The molecule has 0 spiro atoms. The number of carbonyl (C=O) groups excluding carboxylic acids is 4. The first kappa shape index (κ1) is 89.1. The van der Waals surface area contributed by atoms with Crippen LogP contribution in [0.1, 0.15) is 357 Å². The zero-order valence-corrected chi connectivity index (χ0v) is 61.3. The van der Waals surface area contributed by atoms with E-state index in [1.807, 2.05) is 0 Å². The van der Waals surface area contributed by atoms with Crippen LogP contribution >= 0.6 is 15.6 Å². The van der Waals surface area contributed by atoms with Crippen LogP contribution in [0.25, 0.3) is 0 Å². The Morgan fingerprint density at radius 2 is 0.527 bits per heavy atom. The molecule has 3 unspecified atom stereocenters.